The first-order valence-corrected chi connectivity index (χ1v) is 10.5. The summed E-state index contributed by atoms with van der Waals surface area (Å²) < 4.78 is 7.26. The van der Waals surface area contributed by atoms with Gasteiger partial charge in [0.15, 0.2) is 0 Å². The zero-order valence-electron chi connectivity index (χ0n) is 18.3. The van der Waals surface area contributed by atoms with E-state index in [0.29, 0.717) is 11.5 Å². The highest BCUT2D eigenvalue weighted by atomic mass is 16.5. The molecule has 1 aliphatic rings. The first-order valence-electron chi connectivity index (χ1n) is 10.5. The molecule has 1 unspecified atom stereocenters. The molecule has 0 saturated heterocycles. The van der Waals surface area contributed by atoms with Crippen LogP contribution in [0.25, 0.3) is 22.0 Å². The van der Waals surface area contributed by atoms with Gasteiger partial charge >= 0.3 is 0 Å². The van der Waals surface area contributed by atoms with Crippen molar-refractivity contribution in [3.8, 4) is 11.1 Å². The molecule has 3 aromatic rings. The molecule has 5 nitrogen and oxygen atoms in total. The molecule has 1 aliphatic carbocycles. The molecule has 1 atom stereocenters. The summed E-state index contributed by atoms with van der Waals surface area (Å²) in [5.41, 5.74) is 5.47. The van der Waals surface area contributed by atoms with E-state index in [9.17, 15) is 4.79 Å². The maximum Gasteiger partial charge on any atom is 0.258 e. The van der Waals surface area contributed by atoms with Gasteiger partial charge in [0.25, 0.3) is 5.56 Å². The Hall–Kier alpha value is -3.08. The van der Waals surface area contributed by atoms with Gasteiger partial charge in [0, 0.05) is 47.5 Å². The number of methoxy groups -OCH3 is 1. The number of anilines is 1. The van der Waals surface area contributed by atoms with E-state index < -0.39 is 0 Å². The summed E-state index contributed by atoms with van der Waals surface area (Å²) in [6, 6.07) is 10.2. The van der Waals surface area contributed by atoms with Gasteiger partial charge in [0.05, 0.1) is 18.4 Å². The minimum atomic E-state index is -0.00306. The zero-order valence-corrected chi connectivity index (χ0v) is 18.3. The zero-order chi connectivity index (χ0) is 21.4. The number of hydrogen-bond donors (Lipinski definition) is 1. The monoisotopic (exact) mass is 403 g/mol. The van der Waals surface area contributed by atoms with E-state index in [2.05, 4.69) is 41.5 Å². The van der Waals surface area contributed by atoms with Crippen LogP contribution in [0.4, 0.5) is 5.69 Å². The van der Waals surface area contributed by atoms with Crippen molar-refractivity contribution in [2.24, 2.45) is 13.0 Å². The van der Waals surface area contributed by atoms with Gasteiger partial charge in [0.2, 0.25) is 0 Å². The minimum absolute atomic E-state index is 0.00306. The lowest BCUT2D eigenvalue weighted by Gasteiger charge is -2.16. The Kier molecular flexibility index (Phi) is 5.37. The Balaban J connectivity index is 1.71. The normalized spacial score (nSPS) is 15.3. The van der Waals surface area contributed by atoms with Crippen LogP contribution < -0.4 is 10.9 Å². The van der Waals surface area contributed by atoms with Crippen LogP contribution >= 0.6 is 0 Å². The first-order chi connectivity index (χ1) is 14.4. The molecule has 0 bridgehead atoms. The second-order valence-electron chi connectivity index (χ2n) is 8.32. The van der Waals surface area contributed by atoms with Crippen LogP contribution in [0, 0.1) is 19.8 Å². The SMILES string of the molecule is CO/C(=C\C(C)Nc1ccc(C)c(-c2cc3cnc(C)cc3n(C)c2=O)c1)C1CC1. The molecule has 2 heterocycles. The van der Waals surface area contributed by atoms with E-state index in [-0.39, 0.29) is 11.6 Å². The predicted octanol–water partition coefficient (Wildman–Crippen LogP) is 4.96. The van der Waals surface area contributed by atoms with Crippen LogP contribution in [0.15, 0.2) is 53.2 Å². The molecule has 0 aliphatic heterocycles. The minimum Gasteiger partial charge on any atom is -0.501 e. The van der Waals surface area contributed by atoms with Crippen LogP contribution in [0.2, 0.25) is 0 Å². The lowest BCUT2D eigenvalue weighted by molar-refractivity contribution is 0.268. The predicted molar refractivity (Wildman–Crippen MR) is 123 cm³/mol. The molecule has 1 saturated carbocycles. The van der Waals surface area contributed by atoms with Crippen molar-refractivity contribution in [1.29, 1.82) is 0 Å². The van der Waals surface area contributed by atoms with Crippen molar-refractivity contribution in [3.05, 3.63) is 70.0 Å². The standard InChI is InChI=1S/C25H29N3O2/c1-15-6-9-20(27-17(3)11-24(30-5)18-7-8-18)13-21(15)22-12-19-14-26-16(2)10-23(19)28(4)25(22)29/h6,9-14,17-18,27H,7-8H2,1-5H3/b24-11-. The number of benzene rings is 1. The number of hydrogen-bond acceptors (Lipinski definition) is 4. The molecule has 156 valence electrons. The van der Waals surface area contributed by atoms with Crippen LogP contribution in [0.5, 0.6) is 0 Å². The summed E-state index contributed by atoms with van der Waals surface area (Å²) in [5, 5.41) is 4.49. The molecule has 4 rings (SSSR count). The number of nitrogens with one attached hydrogen (secondary N) is 1. The van der Waals surface area contributed by atoms with Crippen molar-refractivity contribution in [3.63, 3.8) is 0 Å². The highest BCUT2D eigenvalue weighted by Crippen LogP contribution is 2.37. The smallest absolute Gasteiger partial charge is 0.258 e. The van der Waals surface area contributed by atoms with Gasteiger partial charge in [-0.15, -0.1) is 0 Å². The van der Waals surface area contributed by atoms with E-state index in [1.54, 1.807) is 11.7 Å². The van der Waals surface area contributed by atoms with Gasteiger partial charge in [-0.05, 0) is 75.1 Å². The molecular weight excluding hydrogens is 374 g/mol. The third-order valence-corrected chi connectivity index (χ3v) is 5.80. The van der Waals surface area contributed by atoms with Crippen LogP contribution in [-0.2, 0) is 11.8 Å². The summed E-state index contributed by atoms with van der Waals surface area (Å²) >= 11 is 0. The van der Waals surface area contributed by atoms with Crippen molar-refractivity contribution < 1.29 is 4.74 Å². The third kappa shape index (κ3) is 3.97. The maximum absolute atomic E-state index is 13.1. The summed E-state index contributed by atoms with van der Waals surface area (Å²) in [6.07, 6.45) is 6.41. The van der Waals surface area contributed by atoms with Crippen molar-refractivity contribution in [1.82, 2.24) is 9.55 Å². The van der Waals surface area contributed by atoms with Gasteiger partial charge in [-0.1, -0.05) is 6.07 Å². The third-order valence-electron chi connectivity index (χ3n) is 5.80. The maximum atomic E-state index is 13.1. The fourth-order valence-corrected chi connectivity index (χ4v) is 3.95. The number of rotatable bonds is 6. The molecule has 0 spiro atoms. The van der Waals surface area contributed by atoms with Crippen LogP contribution in [0.1, 0.15) is 31.0 Å². The molecule has 1 aromatic carbocycles. The number of aryl methyl sites for hydroxylation is 3. The van der Waals surface area contributed by atoms with Gasteiger partial charge in [0.1, 0.15) is 0 Å². The van der Waals surface area contributed by atoms with Gasteiger partial charge in [-0.3, -0.25) is 9.78 Å². The molecule has 5 heteroatoms. The van der Waals surface area contributed by atoms with Crippen molar-refractivity contribution in [2.45, 2.75) is 39.7 Å². The Morgan fingerprint density at radius 2 is 2.00 bits per heavy atom. The number of pyridine rings is 2. The highest BCUT2D eigenvalue weighted by Gasteiger charge is 2.27. The molecule has 1 N–H and O–H groups in total. The van der Waals surface area contributed by atoms with E-state index in [4.69, 9.17) is 4.74 Å². The number of fused-ring (bicyclic) bond motifs is 1. The second kappa shape index (κ2) is 7.98. The number of nitrogens with zero attached hydrogens (tertiary/aromatic N) is 2. The quantitative estimate of drug-likeness (QED) is 0.591. The largest absolute Gasteiger partial charge is 0.501 e. The van der Waals surface area contributed by atoms with E-state index >= 15 is 0 Å². The summed E-state index contributed by atoms with van der Waals surface area (Å²) in [5.74, 6) is 1.64. The lowest BCUT2D eigenvalue weighted by Crippen LogP contribution is -2.19. The molecule has 2 aromatic heterocycles. The lowest BCUT2D eigenvalue weighted by atomic mass is 9.99. The Morgan fingerprint density at radius 1 is 1.23 bits per heavy atom. The Labute approximate surface area is 177 Å². The van der Waals surface area contributed by atoms with Gasteiger partial charge in [-0.25, -0.2) is 0 Å². The second-order valence-corrected chi connectivity index (χ2v) is 8.32. The van der Waals surface area contributed by atoms with E-state index in [0.717, 1.165) is 39.2 Å². The van der Waals surface area contributed by atoms with Crippen LogP contribution in [0.3, 0.4) is 0 Å². The summed E-state index contributed by atoms with van der Waals surface area (Å²) in [4.78, 5) is 17.5. The Bertz CT molecular complexity index is 1190. The van der Waals surface area contributed by atoms with Gasteiger partial charge in [-0.2, -0.15) is 0 Å². The molecular formula is C25H29N3O2. The fourth-order valence-electron chi connectivity index (χ4n) is 3.95. The molecule has 30 heavy (non-hydrogen) atoms. The van der Waals surface area contributed by atoms with Crippen molar-refractivity contribution in [2.75, 3.05) is 12.4 Å². The van der Waals surface area contributed by atoms with Crippen molar-refractivity contribution >= 4 is 16.6 Å². The molecule has 0 amide bonds. The summed E-state index contributed by atoms with van der Waals surface area (Å²) in [6.45, 7) is 6.09. The average molecular weight is 404 g/mol. The first kappa shape index (κ1) is 20.2. The highest BCUT2D eigenvalue weighted by molar-refractivity contribution is 5.85. The topological polar surface area (TPSA) is 56.1 Å². The average Bonchev–Trinajstić information content (AvgIpc) is 3.56. The van der Waals surface area contributed by atoms with E-state index in [1.807, 2.05) is 39.2 Å². The molecule has 0 radical (unpaired) electrons. The molecule has 1 fully saturated rings. The van der Waals surface area contributed by atoms with Gasteiger partial charge < -0.3 is 14.6 Å². The number of ether oxygens (including phenoxy) is 1. The number of allylic oxidation sites excluding steroid dienone is 1. The fraction of sp³-hybridized carbons (Fsp3) is 0.360. The summed E-state index contributed by atoms with van der Waals surface area (Å²) in [7, 11) is 3.56. The number of aromatic nitrogens is 2. The van der Waals surface area contributed by atoms with Crippen LogP contribution in [-0.4, -0.2) is 22.7 Å². The Morgan fingerprint density at radius 3 is 2.70 bits per heavy atom. The van der Waals surface area contributed by atoms with E-state index in [1.165, 1.54) is 12.8 Å².